The highest BCUT2D eigenvalue weighted by atomic mass is 16.3. The summed E-state index contributed by atoms with van der Waals surface area (Å²) in [6, 6.07) is 60.1. The van der Waals surface area contributed by atoms with Crippen molar-refractivity contribution < 1.29 is 4.42 Å². The molecule has 0 atom stereocenters. The number of hydrogen-bond donors (Lipinski definition) is 0. The second-order valence-electron chi connectivity index (χ2n) is 12.0. The van der Waals surface area contributed by atoms with E-state index < -0.39 is 0 Å². The van der Waals surface area contributed by atoms with Gasteiger partial charge in [-0.2, -0.15) is 5.26 Å². The number of fused-ring (bicyclic) bond motifs is 5. The normalized spacial score (nSPS) is 11.4. The maximum atomic E-state index is 9.42. The Balaban J connectivity index is 1.20. The molecule has 2 heteroatoms. The van der Waals surface area contributed by atoms with Gasteiger partial charge in [0.25, 0.3) is 0 Å². The fourth-order valence-electron chi connectivity index (χ4n) is 7.07. The van der Waals surface area contributed by atoms with Crippen molar-refractivity contribution >= 4 is 43.5 Å². The largest absolute Gasteiger partial charge is 0.456 e. The first kappa shape index (κ1) is 26.9. The molecule has 0 fully saturated rings. The topological polar surface area (TPSA) is 36.9 Å². The number of furan rings is 1. The zero-order chi connectivity index (χ0) is 31.3. The van der Waals surface area contributed by atoms with Gasteiger partial charge in [-0.05, 0) is 102 Å². The molecule has 9 aromatic rings. The molecule has 9 rings (SSSR count). The molecule has 2 nitrogen and oxygen atoms in total. The van der Waals surface area contributed by atoms with Crippen molar-refractivity contribution in [3.05, 3.63) is 169 Å². The zero-order valence-electron chi connectivity index (χ0n) is 25.4. The number of hydrogen-bond acceptors (Lipinski definition) is 2. The summed E-state index contributed by atoms with van der Waals surface area (Å²) in [5.74, 6) is 0. The Hall–Kier alpha value is -6.43. The van der Waals surface area contributed by atoms with Crippen LogP contribution in [-0.4, -0.2) is 0 Å². The van der Waals surface area contributed by atoms with Gasteiger partial charge in [0, 0.05) is 10.8 Å². The molecule has 0 radical (unpaired) electrons. The fraction of sp³-hybridized carbons (Fsp3) is 0. The Bertz CT molecular complexity index is 2660. The van der Waals surface area contributed by atoms with Crippen LogP contribution in [0.2, 0.25) is 0 Å². The van der Waals surface area contributed by atoms with E-state index in [0.717, 1.165) is 38.6 Å². The molecule has 0 saturated carbocycles. The van der Waals surface area contributed by atoms with Crippen LogP contribution in [0.25, 0.3) is 88.0 Å². The molecular formula is C45H27NO. The molecule has 47 heavy (non-hydrogen) atoms. The van der Waals surface area contributed by atoms with Crippen molar-refractivity contribution in [2.45, 2.75) is 0 Å². The number of nitrogens with zero attached hydrogens (tertiary/aromatic N) is 1. The van der Waals surface area contributed by atoms with Crippen molar-refractivity contribution in [1.82, 2.24) is 0 Å². The minimum absolute atomic E-state index is 0.629. The average Bonchev–Trinajstić information content (AvgIpc) is 3.51. The molecule has 0 spiro atoms. The second kappa shape index (κ2) is 10.9. The number of nitriles is 1. The highest BCUT2D eigenvalue weighted by Gasteiger charge is 2.17. The Morgan fingerprint density at radius 2 is 0.787 bits per heavy atom. The van der Waals surface area contributed by atoms with Gasteiger partial charge in [0.1, 0.15) is 11.2 Å². The first-order chi connectivity index (χ1) is 23.2. The molecule has 1 aromatic heterocycles. The van der Waals surface area contributed by atoms with Gasteiger partial charge in [-0.25, -0.2) is 0 Å². The van der Waals surface area contributed by atoms with Crippen molar-refractivity contribution in [3.63, 3.8) is 0 Å². The summed E-state index contributed by atoms with van der Waals surface area (Å²) in [5, 5.41) is 16.4. The van der Waals surface area contributed by atoms with Crippen LogP contribution in [0, 0.1) is 11.3 Å². The molecule has 1 heterocycles. The zero-order valence-corrected chi connectivity index (χ0v) is 25.4. The summed E-state index contributed by atoms with van der Waals surface area (Å²) < 4.78 is 6.05. The Morgan fingerprint density at radius 1 is 0.340 bits per heavy atom. The van der Waals surface area contributed by atoms with Crippen LogP contribution >= 0.6 is 0 Å². The summed E-state index contributed by atoms with van der Waals surface area (Å²) in [5.41, 5.74) is 11.8. The lowest BCUT2D eigenvalue weighted by atomic mass is 9.85. The van der Waals surface area contributed by atoms with E-state index in [0.29, 0.717) is 5.56 Å². The van der Waals surface area contributed by atoms with E-state index in [4.69, 9.17) is 4.42 Å². The monoisotopic (exact) mass is 597 g/mol. The maximum absolute atomic E-state index is 9.42. The molecule has 218 valence electrons. The fourth-order valence-corrected chi connectivity index (χ4v) is 7.07. The van der Waals surface area contributed by atoms with Crippen molar-refractivity contribution in [2.24, 2.45) is 0 Å². The van der Waals surface area contributed by atoms with Crippen molar-refractivity contribution in [1.29, 1.82) is 5.26 Å². The molecule has 0 aliphatic carbocycles. The summed E-state index contributed by atoms with van der Waals surface area (Å²) in [6.07, 6.45) is 0. The Kier molecular flexibility index (Phi) is 6.23. The first-order valence-corrected chi connectivity index (χ1v) is 15.8. The van der Waals surface area contributed by atoms with E-state index in [1.165, 1.54) is 49.4 Å². The summed E-state index contributed by atoms with van der Waals surface area (Å²) >= 11 is 0. The average molecular weight is 598 g/mol. The molecule has 0 amide bonds. The van der Waals surface area contributed by atoms with E-state index in [2.05, 4.69) is 146 Å². The van der Waals surface area contributed by atoms with Gasteiger partial charge < -0.3 is 4.42 Å². The van der Waals surface area contributed by atoms with Gasteiger partial charge in [0.2, 0.25) is 0 Å². The van der Waals surface area contributed by atoms with Gasteiger partial charge in [-0.1, -0.05) is 127 Å². The lowest BCUT2D eigenvalue weighted by Crippen LogP contribution is -1.91. The molecular weight excluding hydrogens is 571 g/mol. The second-order valence-corrected chi connectivity index (χ2v) is 12.0. The van der Waals surface area contributed by atoms with E-state index >= 15 is 0 Å². The summed E-state index contributed by atoms with van der Waals surface area (Å²) in [6.45, 7) is 0. The third-order valence-electron chi connectivity index (χ3n) is 9.30. The van der Waals surface area contributed by atoms with E-state index in [1.807, 2.05) is 18.2 Å². The van der Waals surface area contributed by atoms with Gasteiger partial charge >= 0.3 is 0 Å². The van der Waals surface area contributed by atoms with Gasteiger partial charge in [-0.3, -0.25) is 0 Å². The summed E-state index contributed by atoms with van der Waals surface area (Å²) in [4.78, 5) is 0. The van der Waals surface area contributed by atoms with Crippen LogP contribution in [-0.2, 0) is 0 Å². The highest BCUT2D eigenvalue weighted by Crippen LogP contribution is 2.45. The predicted molar refractivity (Wildman–Crippen MR) is 195 cm³/mol. The van der Waals surface area contributed by atoms with Crippen molar-refractivity contribution in [2.75, 3.05) is 0 Å². The summed E-state index contributed by atoms with van der Waals surface area (Å²) in [7, 11) is 0. The SMILES string of the molecule is N#Cc1ccc2oc3ccc(-c4ccc(-c5ccc6c(-c7ccccc7)c7ccccc7c(-c7ccccc7)c6c5)cc4)cc3c2c1. The molecule has 0 N–H and O–H groups in total. The van der Waals surface area contributed by atoms with Crippen LogP contribution < -0.4 is 0 Å². The van der Waals surface area contributed by atoms with Crippen LogP contribution in [0.15, 0.2) is 168 Å². The number of rotatable bonds is 4. The number of benzene rings is 8. The van der Waals surface area contributed by atoms with Crippen molar-refractivity contribution in [3.8, 4) is 50.6 Å². The van der Waals surface area contributed by atoms with Crippen LogP contribution in [0.5, 0.6) is 0 Å². The molecule has 0 aliphatic rings. The van der Waals surface area contributed by atoms with Gasteiger partial charge in [-0.15, -0.1) is 0 Å². The van der Waals surface area contributed by atoms with Crippen LogP contribution in [0.1, 0.15) is 5.56 Å². The molecule has 0 aliphatic heterocycles. The Morgan fingerprint density at radius 3 is 1.38 bits per heavy atom. The smallest absolute Gasteiger partial charge is 0.135 e. The predicted octanol–water partition coefficient (Wildman–Crippen LogP) is 12.4. The Labute approximate surface area is 272 Å². The van der Waals surface area contributed by atoms with Crippen LogP contribution in [0.3, 0.4) is 0 Å². The maximum Gasteiger partial charge on any atom is 0.135 e. The van der Waals surface area contributed by atoms with Crippen LogP contribution in [0.4, 0.5) is 0 Å². The van der Waals surface area contributed by atoms with E-state index in [1.54, 1.807) is 6.07 Å². The third-order valence-corrected chi connectivity index (χ3v) is 9.30. The minimum atomic E-state index is 0.629. The highest BCUT2D eigenvalue weighted by molar-refractivity contribution is 6.22. The van der Waals surface area contributed by atoms with Gasteiger partial charge in [0.05, 0.1) is 11.6 Å². The van der Waals surface area contributed by atoms with E-state index in [9.17, 15) is 5.26 Å². The third kappa shape index (κ3) is 4.49. The molecule has 0 bridgehead atoms. The molecule has 8 aromatic carbocycles. The van der Waals surface area contributed by atoms with Gasteiger partial charge in [0.15, 0.2) is 0 Å². The quantitative estimate of drug-likeness (QED) is 0.189. The molecule has 0 unspecified atom stereocenters. The molecule has 0 saturated heterocycles. The lowest BCUT2D eigenvalue weighted by molar-refractivity contribution is 0.669. The minimum Gasteiger partial charge on any atom is -0.456 e. The van der Waals surface area contributed by atoms with E-state index in [-0.39, 0.29) is 0 Å². The first-order valence-electron chi connectivity index (χ1n) is 15.8. The standard InChI is InChI=1S/C45H27NO/c46-28-29-15-23-42-39(25-29)40-26-35(21-24-43(40)47-42)31-18-16-30(17-19-31)34-20-22-38-41(27-34)45(33-11-5-2-6-12-33)37-14-8-7-13-36(37)44(38)32-9-3-1-4-10-32/h1-27H. The lowest BCUT2D eigenvalue weighted by Gasteiger charge is -2.18.